The quantitative estimate of drug-likeness (QED) is 0.591. The van der Waals surface area contributed by atoms with Crippen molar-refractivity contribution < 1.29 is 14.3 Å². The van der Waals surface area contributed by atoms with E-state index in [1.807, 2.05) is 19.1 Å². The van der Waals surface area contributed by atoms with Crippen LogP contribution in [0, 0.1) is 6.92 Å². The van der Waals surface area contributed by atoms with Crippen molar-refractivity contribution in [1.82, 2.24) is 4.90 Å². The second-order valence-electron chi connectivity index (χ2n) is 4.24. The number of rotatable bonds is 6. The van der Waals surface area contributed by atoms with Crippen LogP contribution in [0.1, 0.15) is 22.8 Å². The van der Waals surface area contributed by atoms with Crippen LogP contribution in [0.15, 0.2) is 35.3 Å². The summed E-state index contributed by atoms with van der Waals surface area (Å²) >= 11 is 3.35. The smallest absolute Gasteiger partial charge is 0.325 e. The first-order chi connectivity index (χ1) is 9.49. The van der Waals surface area contributed by atoms with Gasteiger partial charge in [0, 0.05) is 16.6 Å². The van der Waals surface area contributed by atoms with Gasteiger partial charge in [-0.15, -0.1) is 6.58 Å². The number of carbonyl (C=O) groups is 2. The van der Waals surface area contributed by atoms with Crippen LogP contribution in [0.5, 0.6) is 0 Å². The van der Waals surface area contributed by atoms with Crippen LogP contribution in [0.2, 0.25) is 0 Å². The fourth-order valence-corrected chi connectivity index (χ4v) is 2.09. The number of hydrogen-bond acceptors (Lipinski definition) is 3. The summed E-state index contributed by atoms with van der Waals surface area (Å²) in [4.78, 5) is 25.5. The van der Waals surface area contributed by atoms with Gasteiger partial charge in [0.15, 0.2) is 0 Å². The Balaban J connectivity index is 2.95. The number of amides is 1. The van der Waals surface area contributed by atoms with Crippen LogP contribution in [-0.2, 0) is 9.53 Å². The molecule has 0 fully saturated rings. The Labute approximate surface area is 127 Å². The zero-order chi connectivity index (χ0) is 15.1. The lowest BCUT2D eigenvalue weighted by atomic mass is 10.1. The zero-order valence-corrected chi connectivity index (χ0v) is 13.3. The predicted molar refractivity (Wildman–Crippen MR) is 81.6 cm³/mol. The fraction of sp³-hybridized carbons (Fsp3) is 0.333. The summed E-state index contributed by atoms with van der Waals surface area (Å²) in [6.45, 7) is 7.72. The van der Waals surface area contributed by atoms with Crippen molar-refractivity contribution in [3.63, 3.8) is 0 Å². The van der Waals surface area contributed by atoms with Crippen molar-refractivity contribution in [2.75, 3.05) is 19.7 Å². The molecule has 0 spiro atoms. The Hall–Kier alpha value is -1.62. The molecule has 0 unspecified atom stereocenters. The maximum Gasteiger partial charge on any atom is 0.325 e. The number of benzene rings is 1. The lowest BCUT2D eigenvalue weighted by Gasteiger charge is -2.21. The fourth-order valence-electron chi connectivity index (χ4n) is 1.73. The van der Waals surface area contributed by atoms with Crippen molar-refractivity contribution in [2.45, 2.75) is 13.8 Å². The van der Waals surface area contributed by atoms with E-state index in [0.29, 0.717) is 18.7 Å². The molecule has 0 aliphatic heterocycles. The predicted octanol–water partition coefficient (Wildman–Crippen LogP) is 2.95. The van der Waals surface area contributed by atoms with E-state index in [2.05, 4.69) is 22.5 Å². The Kier molecular flexibility index (Phi) is 6.45. The van der Waals surface area contributed by atoms with Gasteiger partial charge < -0.3 is 9.64 Å². The van der Waals surface area contributed by atoms with Gasteiger partial charge in [-0.2, -0.15) is 0 Å². The Morgan fingerprint density at radius 1 is 1.45 bits per heavy atom. The summed E-state index contributed by atoms with van der Waals surface area (Å²) in [5.74, 6) is -0.632. The minimum Gasteiger partial charge on any atom is -0.465 e. The van der Waals surface area contributed by atoms with Crippen LogP contribution >= 0.6 is 15.9 Å². The average Bonchev–Trinajstić information content (AvgIpc) is 2.40. The third-order valence-corrected chi connectivity index (χ3v) is 3.19. The highest BCUT2D eigenvalue weighted by molar-refractivity contribution is 9.10. The van der Waals surface area contributed by atoms with E-state index in [1.54, 1.807) is 19.1 Å². The van der Waals surface area contributed by atoms with Crippen molar-refractivity contribution in [2.24, 2.45) is 0 Å². The minimum absolute atomic E-state index is 0.0787. The van der Waals surface area contributed by atoms with Crippen LogP contribution in [0.4, 0.5) is 0 Å². The van der Waals surface area contributed by atoms with Gasteiger partial charge in [0.1, 0.15) is 6.54 Å². The van der Waals surface area contributed by atoms with Crippen molar-refractivity contribution in [3.8, 4) is 0 Å². The summed E-state index contributed by atoms with van der Waals surface area (Å²) in [7, 11) is 0. The molecule has 0 heterocycles. The van der Waals surface area contributed by atoms with E-state index < -0.39 is 5.97 Å². The summed E-state index contributed by atoms with van der Waals surface area (Å²) < 4.78 is 5.70. The molecule has 0 N–H and O–H groups in total. The molecule has 1 amide bonds. The highest BCUT2D eigenvalue weighted by atomic mass is 79.9. The van der Waals surface area contributed by atoms with Crippen LogP contribution in [0.25, 0.3) is 0 Å². The number of hydrogen-bond donors (Lipinski definition) is 0. The normalized spacial score (nSPS) is 9.95. The monoisotopic (exact) mass is 339 g/mol. The van der Waals surface area contributed by atoms with Gasteiger partial charge in [-0.1, -0.05) is 28.1 Å². The van der Waals surface area contributed by atoms with Gasteiger partial charge in [-0.3, -0.25) is 9.59 Å². The zero-order valence-electron chi connectivity index (χ0n) is 11.7. The summed E-state index contributed by atoms with van der Waals surface area (Å²) in [6, 6.07) is 5.47. The van der Waals surface area contributed by atoms with E-state index >= 15 is 0 Å². The molecular formula is C15H18BrNO3. The van der Waals surface area contributed by atoms with E-state index in [0.717, 1.165) is 10.0 Å². The topological polar surface area (TPSA) is 46.6 Å². The van der Waals surface area contributed by atoms with E-state index in [9.17, 15) is 9.59 Å². The lowest BCUT2D eigenvalue weighted by molar-refractivity contribution is -0.143. The molecule has 0 aliphatic rings. The van der Waals surface area contributed by atoms with E-state index in [1.165, 1.54) is 4.90 Å². The first-order valence-corrected chi connectivity index (χ1v) is 7.10. The van der Waals surface area contributed by atoms with E-state index in [4.69, 9.17) is 4.74 Å². The number of carbonyl (C=O) groups excluding carboxylic acids is 2. The highest BCUT2D eigenvalue weighted by Crippen LogP contribution is 2.18. The van der Waals surface area contributed by atoms with Crippen molar-refractivity contribution in [3.05, 3.63) is 46.5 Å². The Bertz CT molecular complexity index is 514. The molecule has 4 nitrogen and oxygen atoms in total. The van der Waals surface area contributed by atoms with Gasteiger partial charge in [-0.25, -0.2) is 0 Å². The van der Waals surface area contributed by atoms with Gasteiger partial charge in [0.2, 0.25) is 0 Å². The molecule has 0 bridgehead atoms. The standard InChI is InChI=1S/C15H18BrNO3/c1-4-8-17(10-14(18)20-5-2)15(19)13-9-12(16)7-6-11(13)3/h4,6-7,9H,1,5,8,10H2,2-3H3. The largest absolute Gasteiger partial charge is 0.465 e. The minimum atomic E-state index is -0.421. The highest BCUT2D eigenvalue weighted by Gasteiger charge is 2.20. The first kappa shape index (κ1) is 16.4. The molecule has 0 atom stereocenters. The first-order valence-electron chi connectivity index (χ1n) is 6.31. The number of esters is 1. The molecule has 20 heavy (non-hydrogen) atoms. The van der Waals surface area contributed by atoms with Crippen LogP contribution in [-0.4, -0.2) is 36.5 Å². The van der Waals surface area contributed by atoms with Gasteiger partial charge in [-0.05, 0) is 31.5 Å². The molecule has 0 aliphatic carbocycles. The van der Waals surface area contributed by atoms with Crippen LogP contribution < -0.4 is 0 Å². The number of ether oxygens (including phenoxy) is 1. The molecule has 5 heteroatoms. The van der Waals surface area contributed by atoms with Gasteiger partial charge >= 0.3 is 5.97 Å². The molecule has 108 valence electrons. The van der Waals surface area contributed by atoms with Crippen molar-refractivity contribution in [1.29, 1.82) is 0 Å². The number of nitrogens with zero attached hydrogens (tertiary/aromatic N) is 1. The SMILES string of the molecule is C=CCN(CC(=O)OCC)C(=O)c1cc(Br)ccc1C. The summed E-state index contributed by atoms with van der Waals surface area (Å²) in [5.41, 5.74) is 1.42. The maximum absolute atomic E-state index is 12.5. The van der Waals surface area contributed by atoms with Gasteiger partial charge in [0.05, 0.1) is 6.61 Å². The molecule has 0 aromatic heterocycles. The Morgan fingerprint density at radius 3 is 2.75 bits per heavy atom. The molecular weight excluding hydrogens is 322 g/mol. The van der Waals surface area contributed by atoms with Crippen molar-refractivity contribution >= 4 is 27.8 Å². The number of halogens is 1. The Morgan fingerprint density at radius 2 is 2.15 bits per heavy atom. The molecule has 0 saturated heterocycles. The second kappa shape index (κ2) is 7.85. The van der Waals surface area contributed by atoms with Gasteiger partial charge in [0.25, 0.3) is 5.91 Å². The average molecular weight is 340 g/mol. The maximum atomic E-state index is 12.5. The summed E-state index contributed by atoms with van der Waals surface area (Å²) in [6.07, 6.45) is 1.59. The molecule has 1 rings (SSSR count). The third kappa shape index (κ3) is 4.49. The summed E-state index contributed by atoms with van der Waals surface area (Å²) in [5, 5.41) is 0. The third-order valence-electron chi connectivity index (χ3n) is 2.69. The number of aryl methyl sites for hydroxylation is 1. The second-order valence-corrected chi connectivity index (χ2v) is 5.15. The molecule has 0 radical (unpaired) electrons. The molecule has 0 saturated carbocycles. The molecule has 1 aromatic carbocycles. The van der Waals surface area contributed by atoms with Crippen LogP contribution in [0.3, 0.4) is 0 Å². The molecule has 1 aromatic rings. The lowest BCUT2D eigenvalue weighted by Crippen LogP contribution is -2.37. The van der Waals surface area contributed by atoms with E-state index in [-0.39, 0.29) is 12.5 Å².